The van der Waals surface area contributed by atoms with Gasteiger partial charge in [0.2, 0.25) is 0 Å². The summed E-state index contributed by atoms with van der Waals surface area (Å²) in [5.41, 5.74) is 0.317. The summed E-state index contributed by atoms with van der Waals surface area (Å²) in [7, 11) is 0. The second kappa shape index (κ2) is 20.3. The normalized spacial score (nSPS) is 11.8. The highest BCUT2D eigenvalue weighted by Gasteiger charge is 2.29. The van der Waals surface area contributed by atoms with Gasteiger partial charge in [-0.1, -0.05) is 115 Å². The molecule has 0 spiro atoms. The zero-order chi connectivity index (χ0) is 24.0. The van der Waals surface area contributed by atoms with E-state index in [1.165, 1.54) is 108 Å². The topological polar surface area (TPSA) is 69.9 Å². The van der Waals surface area contributed by atoms with Crippen LogP contribution in [0.15, 0.2) is 24.3 Å². The lowest BCUT2D eigenvalue weighted by Crippen LogP contribution is -2.39. The minimum atomic E-state index is -0.994. The molecule has 0 atom stereocenters. The summed E-state index contributed by atoms with van der Waals surface area (Å²) in [6, 6.07) is 8.02. The lowest BCUT2D eigenvalue weighted by molar-refractivity contribution is -0.0258. The van der Waals surface area contributed by atoms with Crippen LogP contribution in [0.25, 0.3) is 0 Å². The Kier molecular flexibility index (Phi) is 18.4. The maximum atomic E-state index is 9.37. The number of rotatable bonds is 23. The van der Waals surface area contributed by atoms with Gasteiger partial charge >= 0.3 is 0 Å². The van der Waals surface area contributed by atoms with Gasteiger partial charge in [0.25, 0.3) is 0 Å². The van der Waals surface area contributed by atoms with E-state index in [2.05, 4.69) is 19.1 Å². The van der Waals surface area contributed by atoms with Crippen LogP contribution in [0.3, 0.4) is 0 Å². The van der Waals surface area contributed by atoms with Crippen LogP contribution in [0.4, 0.5) is 0 Å². The lowest BCUT2D eigenvalue weighted by atomic mass is 9.92. The first-order valence-corrected chi connectivity index (χ1v) is 13.7. The quantitative estimate of drug-likeness (QED) is 0.155. The van der Waals surface area contributed by atoms with E-state index in [0.717, 1.165) is 6.42 Å². The van der Waals surface area contributed by atoms with E-state index in [1.807, 2.05) is 12.1 Å². The van der Waals surface area contributed by atoms with Crippen molar-refractivity contribution in [3.05, 3.63) is 29.8 Å². The summed E-state index contributed by atoms with van der Waals surface area (Å²) in [4.78, 5) is 0. The summed E-state index contributed by atoms with van der Waals surface area (Å²) in [5, 5.41) is 28.1. The number of aliphatic hydroxyl groups excluding tert-OH is 3. The molecular weight excluding hydrogens is 412 g/mol. The van der Waals surface area contributed by atoms with Crippen molar-refractivity contribution in [2.75, 3.05) is 26.4 Å². The molecule has 1 rings (SSSR count). The highest BCUT2D eigenvalue weighted by molar-refractivity contribution is 5.27. The van der Waals surface area contributed by atoms with E-state index in [4.69, 9.17) is 4.74 Å². The smallest absolute Gasteiger partial charge is 0.119 e. The van der Waals surface area contributed by atoms with E-state index < -0.39 is 5.41 Å². The first-order valence-electron chi connectivity index (χ1n) is 13.7. The van der Waals surface area contributed by atoms with Crippen LogP contribution in [-0.4, -0.2) is 41.7 Å². The largest absolute Gasteiger partial charge is 0.493 e. The van der Waals surface area contributed by atoms with Gasteiger partial charge in [0, 0.05) is 0 Å². The maximum Gasteiger partial charge on any atom is 0.119 e. The Morgan fingerprint density at radius 3 is 1.36 bits per heavy atom. The van der Waals surface area contributed by atoms with Crippen molar-refractivity contribution in [2.45, 2.75) is 116 Å². The fourth-order valence-electron chi connectivity index (χ4n) is 4.15. The van der Waals surface area contributed by atoms with Gasteiger partial charge in [-0.15, -0.1) is 0 Å². The molecule has 0 unspecified atom stereocenters. The number of benzene rings is 1. The zero-order valence-corrected chi connectivity index (χ0v) is 21.4. The summed E-state index contributed by atoms with van der Waals surface area (Å²) < 4.78 is 5.65. The molecule has 1 aromatic rings. The van der Waals surface area contributed by atoms with Gasteiger partial charge < -0.3 is 20.1 Å². The van der Waals surface area contributed by atoms with Crippen LogP contribution in [-0.2, 0) is 6.42 Å². The van der Waals surface area contributed by atoms with Crippen LogP contribution >= 0.6 is 0 Å². The number of hydrogen-bond donors (Lipinski definition) is 3. The van der Waals surface area contributed by atoms with Crippen LogP contribution in [0, 0.1) is 5.41 Å². The number of hydrogen-bond acceptors (Lipinski definition) is 4. The standard InChI is InChI=1S/C29H52O4/c1-2-3-4-5-6-7-8-9-10-11-12-13-14-15-16-17-18-27-19-21-28(22-20-27)33-26-29(23-30,24-31)25-32/h19-22,30-32H,2-18,23-26H2,1H3. The summed E-state index contributed by atoms with van der Waals surface area (Å²) >= 11 is 0. The molecule has 0 aliphatic rings. The third kappa shape index (κ3) is 14.7. The molecule has 33 heavy (non-hydrogen) atoms. The minimum absolute atomic E-state index is 0.0922. The van der Waals surface area contributed by atoms with Crippen molar-refractivity contribution < 1.29 is 20.1 Å². The SMILES string of the molecule is CCCCCCCCCCCCCCCCCCc1ccc(OCC(CO)(CO)CO)cc1. The van der Waals surface area contributed by atoms with Crippen LogP contribution < -0.4 is 4.74 Å². The first kappa shape index (κ1) is 29.9. The molecule has 0 aliphatic heterocycles. The summed E-state index contributed by atoms with van der Waals surface area (Å²) in [6.07, 6.45) is 23.3. The van der Waals surface area contributed by atoms with Crippen LogP contribution in [0.1, 0.15) is 115 Å². The van der Waals surface area contributed by atoms with E-state index in [9.17, 15) is 15.3 Å². The second-order valence-electron chi connectivity index (χ2n) is 9.96. The van der Waals surface area contributed by atoms with Crippen molar-refractivity contribution in [3.8, 4) is 5.75 Å². The van der Waals surface area contributed by atoms with Gasteiger partial charge in [-0.3, -0.25) is 0 Å². The van der Waals surface area contributed by atoms with Crippen LogP contribution in [0.2, 0.25) is 0 Å². The molecule has 0 saturated heterocycles. The van der Waals surface area contributed by atoms with Crippen LogP contribution in [0.5, 0.6) is 5.75 Å². The van der Waals surface area contributed by atoms with E-state index in [1.54, 1.807) is 0 Å². The Balaban J connectivity index is 1.95. The molecule has 0 radical (unpaired) electrons. The molecule has 3 N–H and O–H groups in total. The van der Waals surface area contributed by atoms with Crippen molar-refractivity contribution in [2.24, 2.45) is 5.41 Å². The minimum Gasteiger partial charge on any atom is -0.493 e. The Hall–Kier alpha value is -1.10. The Bertz CT molecular complexity index is 531. The molecule has 0 aliphatic carbocycles. The first-order chi connectivity index (χ1) is 16.2. The molecular formula is C29H52O4. The Morgan fingerprint density at radius 1 is 0.576 bits per heavy atom. The molecule has 0 saturated carbocycles. The van der Waals surface area contributed by atoms with Crippen molar-refractivity contribution in [1.82, 2.24) is 0 Å². The summed E-state index contributed by atoms with van der Waals surface area (Å²) in [6.45, 7) is 1.45. The molecule has 4 heteroatoms. The van der Waals surface area contributed by atoms with Gasteiger partial charge in [-0.2, -0.15) is 0 Å². The number of aliphatic hydroxyl groups is 3. The molecule has 0 bridgehead atoms. The molecule has 0 heterocycles. The average Bonchev–Trinajstić information content (AvgIpc) is 2.86. The monoisotopic (exact) mass is 464 g/mol. The fourth-order valence-corrected chi connectivity index (χ4v) is 4.15. The third-order valence-electron chi connectivity index (χ3n) is 6.79. The molecule has 0 amide bonds. The molecule has 4 nitrogen and oxygen atoms in total. The predicted molar refractivity (Wildman–Crippen MR) is 139 cm³/mol. The third-order valence-corrected chi connectivity index (χ3v) is 6.79. The average molecular weight is 465 g/mol. The molecule has 0 fully saturated rings. The fraction of sp³-hybridized carbons (Fsp3) is 0.793. The van der Waals surface area contributed by atoms with Crippen molar-refractivity contribution in [3.63, 3.8) is 0 Å². The zero-order valence-electron chi connectivity index (χ0n) is 21.4. The van der Waals surface area contributed by atoms with E-state index in [-0.39, 0.29) is 26.4 Å². The van der Waals surface area contributed by atoms with Crippen molar-refractivity contribution in [1.29, 1.82) is 0 Å². The lowest BCUT2D eigenvalue weighted by Gasteiger charge is -2.27. The molecule has 0 aromatic heterocycles. The number of ether oxygens (including phenoxy) is 1. The molecule has 1 aromatic carbocycles. The van der Waals surface area contributed by atoms with Gasteiger partial charge in [0.05, 0.1) is 25.2 Å². The Morgan fingerprint density at radius 2 is 0.970 bits per heavy atom. The Labute approximate surface area is 203 Å². The van der Waals surface area contributed by atoms with Gasteiger partial charge in [-0.05, 0) is 30.5 Å². The highest BCUT2D eigenvalue weighted by atomic mass is 16.5. The van der Waals surface area contributed by atoms with E-state index >= 15 is 0 Å². The van der Waals surface area contributed by atoms with Gasteiger partial charge in [0.15, 0.2) is 0 Å². The maximum absolute atomic E-state index is 9.37. The highest BCUT2D eigenvalue weighted by Crippen LogP contribution is 2.20. The predicted octanol–water partition coefficient (Wildman–Crippen LogP) is 6.83. The van der Waals surface area contributed by atoms with Gasteiger partial charge in [-0.25, -0.2) is 0 Å². The van der Waals surface area contributed by atoms with E-state index in [0.29, 0.717) is 5.75 Å². The second-order valence-corrected chi connectivity index (χ2v) is 9.96. The number of aryl methyl sites for hydroxylation is 1. The van der Waals surface area contributed by atoms with Gasteiger partial charge in [0.1, 0.15) is 12.4 Å². The van der Waals surface area contributed by atoms with Crippen molar-refractivity contribution >= 4 is 0 Å². The summed E-state index contributed by atoms with van der Waals surface area (Å²) in [5.74, 6) is 0.699. The number of unbranched alkanes of at least 4 members (excludes halogenated alkanes) is 15. The molecule has 192 valence electrons.